The highest BCUT2D eigenvalue weighted by Gasteiger charge is 2.20. The van der Waals surface area contributed by atoms with Gasteiger partial charge in [0.25, 0.3) is 0 Å². The Balaban J connectivity index is 1.96. The molecule has 192 valence electrons. The summed E-state index contributed by atoms with van der Waals surface area (Å²) in [5.74, 6) is -5.23. The van der Waals surface area contributed by atoms with Crippen LogP contribution < -0.4 is 14.2 Å². The van der Waals surface area contributed by atoms with E-state index in [1.807, 2.05) is 30.3 Å². The molecule has 0 aliphatic heterocycles. The molecule has 3 aromatic carbocycles. The standard InChI is InChI=1S/C26H22O11/c27-22(28)13-34-20-10-19(11-21(35-14-23(29)30)25(20)36-15-24(31)32)17-7-4-8-18(9-17)26(33)37-12-16-5-2-1-3-6-16/h1-11H,12-15H2,(H,27,28)(H,29,30)(H,31,32). The van der Waals surface area contributed by atoms with Crippen molar-refractivity contribution in [3.63, 3.8) is 0 Å². The Morgan fingerprint density at radius 3 is 1.76 bits per heavy atom. The average molecular weight is 510 g/mol. The Labute approximate surface area is 210 Å². The SMILES string of the molecule is O=C(O)COc1cc(-c2cccc(C(=O)OCc3ccccc3)c2)cc(OCC(=O)O)c1OCC(=O)O. The molecule has 0 spiro atoms. The predicted molar refractivity (Wildman–Crippen MR) is 127 cm³/mol. The molecule has 0 saturated carbocycles. The molecule has 37 heavy (non-hydrogen) atoms. The lowest BCUT2D eigenvalue weighted by Gasteiger charge is -2.17. The van der Waals surface area contributed by atoms with Gasteiger partial charge >= 0.3 is 23.9 Å². The van der Waals surface area contributed by atoms with Gasteiger partial charge in [-0.15, -0.1) is 0 Å². The van der Waals surface area contributed by atoms with Crippen LogP contribution in [-0.4, -0.2) is 59.0 Å². The van der Waals surface area contributed by atoms with E-state index in [0.717, 1.165) is 5.56 Å². The highest BCUT2D eigenvalue weighted by Crippen LogP contribution is 2.42. The first-order valence-corrected chi connectivity index (χ1v) is 10.8. The smallest absolute Gasteiger partial charge is 0.341 e. The Bertz CT molecular complexity index is 1250. The number of hydrogen-bond acceptors (Lipinski definition) is 8. The summed E-state index contributed by atoms with van der Waals surface area (Å²) in [6, 6.07) is 18.1. The van der Waals surface area contributed by atoms with E-state index < -0.39 is 43.7 Å². The van der Waals surface area contributed by atoms with E-state index in [2.05, 4.69) is 0 Å². The Hall–Kier alpha value is -5.06. The lowest BCUT2D eigenvalue weighted by molar-refractivity contribution is -0.141. The molecule has 0 amide bonds. The summed E-state index contributed by atoms with van der Waals surface area (Å²) in [6.45, 7) is -2.34. The number of carbonyl (C=O) groups is 4. The zero-order chi connectivity index (χ0) is 26.8. The second-order valence-electron chi connectivity index (χ2n) is 7.49. The van der Waals surface area contributed by atoms with Crippen LogP contribution in [0.15, 0.2) is 66.7 Å². The first-order chi connectivity index (χ1) is 17.7. The molecule has 0 atom stereocenters. The molecule has 3 N–H and O–H groups in total. The van der Waals surface area contributed by atoms with Crippen molar-refractivity contribution in [2.24, 2.45) is 0 Å². The zero-order valence-corrected chi connectivity index (χ0v) is 19.3. The summed E-state index contributed by atoms with van der Waals surface area (Å²) in [7, 11) is 0. The summed E-state index contributed by atoms with van der Waals surface area (Å²) < 4.78 is 21.1. The Morgan fingerprint density at radius 1 is 0.622 bits per heavy atom. The van der Waals surface area contributed by atoms with Crippen LogP contribution in [0.25, 0.3) is 11.1 Å². The molecule has 0 aliphatic carbocycles. The second-order valence-corrected chi connectivity index (χ2v) is 7.49. The van der Waals surface area contributed by atoms with Crippen molar-refractivity contribution in [3.8, 4) is 28.4 Å². The van der Waals surface area contributed by atoms with Crippen LogP contribution in [0.2, 0.25) is 0 Å². The van der Waals surface area contributed by atoms with Crippen LogP contribution in [0.4, 0.5) is 0 Å². The monoisotopic (exact) mass is 510 g/mol. The molecular formula is C26H22O11. The quantitative estimate of drug-likeness (QED) is 0.289. The maximum Gasteiger partial charge on any atom is 0.341 e. The fourth-order valence-corrected chi connectivity index (χ4v) is 3.15. The van der Waals surface area contributed by atoms with Crippen molar-refractivity contribution in [2.45, 2.75) is 6.61 Å². The number of carbonyl (C=O) groups excluding carboxylic acids is 1. The molecule has 0 radical (unpaired) electrons. The number of carboxylic acids is 3. The van der Waals surface area contributed by atoms with Crippen LogP contribution in [0.3, 0.4) is 0 Å². The fraction of sp³-hybridized carbons (Fsp3) is 0.154. The van der Waals surface area contributed by atoms with E-state index in [0.29, 0.717) is 11.1 Å². The van der Waals surface area contributed by atoms with Crippen molar-refractivity contribution >= 4 is 23.9 Å². The molecule has 11 heteroatoms. The molecule has 0 bridgehead atoms. The minimum atomic E-state index is -1.33. The van der Waals surface area contributed by atoms with Gasteiger partial charge < -0.3 is 34.3 Å². The zero-order valence-electron chi connectivity index (χ0n) is 19.3. The minimum absolute atomic E-state index is 0.0693. The highest BCUT2D eigenvalue weighted by molar-refractivity contribution is 5.91. The van der Waals surface area contributed by atoms with E-state index in [4.69, 9.17) is 34.3 Å². The number of carboxylic acid groups (broad SMARTS) is 3. The van der Waals surface area contributed by atoms with Gasteiger partial charge in [0.1, 0.15) is 6.61 Å². The Kier molecular flexibility index (Phi) is 9.03. The third-order valence-corrected chi connectivity index (χ3v) is 4.71. The third-order valence-electron chi connectivity index (χ3n) is 4.71. The van der Waals surface area contributed by atoms with Gasteiger partial charge in [0.05, 0.1) is 5.56 Å². The average Bonchev–Trinajstić information content (AvgIpc) is 2.88. The van der Waals surface area contributed by atoms with Crippen LogP contribution in [0.5, 0.6) is 17.2 Å². The summed E-state index contributed by atoms with van der Waals surface area (Å²) in [5, 5.41) is 27.0. The maximum atomic E-state index is 12.6. The molecule has 0 fully saturated rings. The second kappa shape index (κ2) is 12.6. The topological polar surface area (TPSA) is 166 Å². The van der Waals surface area contributed by atoms with Crippen LogP contribution >= 0.6 is 0 Å². The number of ether oxygens (including phenoxy) is 4. The number of hydrogen-bond donors (Lipinski definition) is 3. The molecule has 11 nitrogen and oxygen atoms in total. The van der Waals surface area contributed by atoms with Gasteiger partial charge in [-0.05, 0) is 41.0 Å². The molecule has 3 aromatic rings. The molecule has 0 aliphatic rings. The maximum absolute atomic E-state index is 12.6. The van der Waals surface area contributed by atoms with E-state index in [9.17, 15) is 19.2 Å². The normalized spacial score (nSPS) is 10.3. The molecule has 0 aromatic heterocycles. The molecule has 0 saturated heterocycles. The van der Waals surface area contributed by atoms with Crippen molar-refractivity contribution in [3.05, 3.63) is 77.9 Å². The van der Waals surface area contributed by atoms with E-state index in [-0.39, 0.29) is 29.4 Å². The fourth-order valence-electron chi connectivity index (χ4n) is 3.15. The van der Waals surface area contributed by atoms with Gasteiger partial charge in [-0.1, -0.05) is 42.5 Å². The third kappa shape index (κ3) is 7.99. The van der Waals surface area contributed by atoms with Gasteiger partial charge in [-0.25, -0.2) is 19.2 Å². The van der Waals surface area contributed by atoms with Gasteiger partial charge in [0.2, 0.25) is 5.75 Å². The van der Waals surface area contributed by atoms with Gasteiger partial charge in [0, 0.05) is 0 Å². The van der Waals surface area contributed by atoms with E-state index >= 15 is 0 Å². The predicted octanol–water partition coefficient (Wildman–Crippen LogP) is 3.10. The van der Waals surface area contributed by atoms with Crippen LogP contribution in [0, 0.1) is 0 Å². The molecule has 3 rings (SSSR count). The Morgan fingerprint density at radius 2 is 1.19 bits per heavy atom. The van der Waals surface area contributed by atoms with Gasteiger partial charge in [0.15, 0.2) is 31.3 Å². The van der Waals surface area contributed by atoms with Crippen molar-refractivity contribution < 1.29 is 53.4 Å². The summed E-state index contributed by atoms with van der Waals surface area (Å²) >= 11 is 0. The highest BCUT2D eigenvalue weighted by atomic mass is 16.6. The summed E-state index contributed by atoms with van der Waals surface area (Å²) in [6.07, 6.45) is 0. The van der Waals surface area contributed by atoms with Gasteiger partial charge in [-0.2, -0.15) is 0 Å². The summed E-state index contributed by atoms with van der Waals surface area (Å²) in [5.41, 5.74) is 1.84. The van der Waals surface area contributed by atoms with Gasteiger partial charge in [-0.3, -0.25) is 0 Å². The molecular weight excluding hydrogens is 488 g/mol. The minimum Gasteiger partial charge on any atom is -0.479 e. The van der Waals surface area contributed by atoms with Crippen molar-refractivity contribution in [1.82, 2.24) is 0 Å². The van der Waals surface area contributed by atoms with E-state index in [1.165, 1.54) is 18.2 Å². The number of rotatable bonds is 13. The van der Waals surface area contributed by atoms with Crippen LogP contribution in [-0.2, 0) is 25.7 Å². The van der Waals surface area contributed by atoms with E-state index in [1.54, 1.807) is 18.2 Å². The van der Waals surface area contributed by atoms with Crippen LogP contribution in [0.1, 0.15) is 15.9 Å². The van der Waals surface area contributed by atoms with Crippen molar-refractivity contribution in [1.29, 1.82) is 0 Å². The van der Waals surface area contributed by atoms with Crippen molar-refractivity contribution in [2.75, 3.05) is 19.8 Å². The summed E-state index contributed by atoms with van der Waals surface area (Å²) in [4.78, 5) is 45.8. The first kappa shape index (κ1) is 26.5. The molecule has 0 unspecified atom stereocenters. The lowest BCUT2D eigenvalue weighted by Crippen LogP contribution is -2.15. The first-order valence-electron chi connectivity index (χ1n) is 10.8. The number of esters is 1. The molecule has 0 heterocycles. The number of benzene rings is 3. The number of aliphatic carboxylic acids is 3. The largest absolute Gasteiger partial charge is 0.479 e. The lowest BCUT2D eigenvalue weighted by atomic mass is 10.0.